The van der Waals surface area contributed by atoms with E-state index < -0.39 is 29.5 Å². The fraction of sp³-hybridized carbons (Fsp3) is 0.545. The van der Waals surface area contributed by atoms with Crippen LogP contribution in [0.15, 0.2) is 66.6 Å². The van der Waals surface area contributed by atoms with Crippen molar-refractivity contribution in [2.45, 2.75) is 201 Å². The summed E-state index contributed by atoms with van der Waals surface area (Å²) in [6.07, 6.45) is 5.79. The molecule has 38 heteroatoms. The Balaban J connectivity index is 0.000000115. The van der Waals surface area contributed by atoms with Crippen molar-refractivity contribution in [3.05, 3.63) is 156 Å². The van der Waals surface area contributed by atoms with Crippen molar-refractivity contribution in [3.8, 4) is 11.5 Å². The predicted molar refractivity (Wildman–Crippen MR) is 543 cm³/mol. The zero-order valence-corrected chi connectivity index (χ0v) is 84.3. The van der Waals surface area contributed by atoms with Crippen molar-refractivity contribution in [1.82, 2.24) is 72.2 Å². The normalized spacial score (nSPS) is 24.4. The molecule has 9 aromatic heterocycles. The fourth-order valence-electron chi connectivity index (χ4n) is 22.4. The predicted octanol–water partition coefficient (Wildman–Crippen LogP) is 9.79. The molecule has 23 rings (SSSR count). The van der Waals surface area contributed by atoms with Crippen LogP contribution >= 0.6 is 23.2 Å². The van der Waals surface area contributed by atoms with E-state index in [4.69, 9.17) is 32.7 Å². The summed E-state index contributed by atoms with van der Waals surface area (Å²) in [4.78, 5) is 154. The summed E-state index contributed by atoms with van der Waals surface area (Å²) in [7, 11) is 20.6. The largest absolute Gasteiger partial charge is 0.484 e. The van der Waals surface area contributed by atoms with E-state index in [1.165, 1.54) is 25.8 Å². The number of benzene rings is 1. The summed E-state index contributed by atoms with van der Waals surface area (Å²) < 4.78 is 63.3. The van der Waals surface area contributed by atoms with Crippen LogP contribution in [-0.4, -0.2) is 296 Å². The standard InChI is InChI=1S/C22H26ClFN4O2.C21H26ClN5O2.C21H27FN6O2.C18H21FN4O2.C18H24N4O2.CH4/c1-11-9-27-16(10-25(11)3)21(29)28(13-6-5-7-13)20-19(27)14-8-15(23)12(2)17(24)18(14)26(4)22(20)30;1-11-9-26-16(10-24(11)3)20(28)27(13-6-5-7-13)18-17(26)14-8-15(22)12(2)23-19(14)25(4)21(18)29;1-11-7-27-16(10-25(11)4)20(29)28(13-8-24(3)9-13)18-17(27)14-6-15(22)12(2)23-19(14)26(5)21(18)30;1-9-7-23-14(8-21(9)4)11(3)25-16-15(23)12-6-13(19)10(2)20-17(12)22(5)18(16)24;1-10-6-14-15-16(18(23)21(5)17(14)19-12(10)3)24-9-13-8-20(4)11(2)7-22(13)15;/h8,11,13,16H,5-7,9-10H2,1-4H3;8,11,13,16H,5-7,9-10H2,1-4H3;6,11,13,16H,7-10H2,1-5H3;6,9,14H,3,7-8H2,1-2,4-5H3;6,11,13H,7-9H2,1-5H3;1H4. The molecule has 13 aliphatic rings. The lowest BCUT2D eigenvalue weighted by Gasteiger charge is -2.53. The molecule has 3 amide bonds. The summed E-state index contributed by atoms with van der Waals surface area (Å²) in [6.45, 7) is 34.3. The number of halogens is 5. The quantitative estimate of drug-likeness (QED) is 0.159. The highest BCUT2D eigenvalue weighted by atomic mass is 35.5. The molecular formula is C101H128Cl2F3N23O10. The van der Waals surface area contributed by atoms with Crippen LogP contribution in [-0.2, 0) is 49.6 Å². The number of likely N-dealkylation sites (tertiary alicyclic amines) is 1. The van der Waals surface area contributed by atoms with Crippen molar-refractivity contribution < 1.29 is 37.0 Å². The van der Waals surface area contributed by atoms with Crippen LogP contribution in [0, 0.1) is 59.0 Å². The minimum atomic E-state index is -0.481. The number of pyridine rings is 9. The van der Waals surface area contributed by atoms with Gasteiger partial charge >= 0.3 is 0 Å². The molecule has 0 bridgehead atoms. The number of piperazine rings is 5. The van der Waals surface area contributed by atoms with Crippen LogP contribution in [0.4, 0.5) is 58.7 Å². The maximum atomic E-state index is 15.3. The van der Waals surface area contributed by atoms with Gasteiger partial charge in [-0.05, 0) is 193 Å². The van der Waals surface area contributed by atoms with Crippen molar-refractivity contribution in [3.63, 3.8) is 0 Å². The van der Waals surface area contributed by atoms with Crippen molar-refractivity contribution >= 4 is 141 Å². The second-order valence-electron chi connectivity index (χ2n) is 41.0. The van der Waals surface area contributed by atoms with Gasteiger partial charge < -0.3 is 53.2 Å². The van der Waals surface area contributed by atoms with E-state index in [1.807, 2.05) is 50.9 Å². The molecule has 11 aliphatic heterocycles. The van der Waals surface area contributed by atoms with Gasteiger partial charge in [-0.25, -0.2) is 33.1 Å². The van der Waals surface area contributed by atoms with E-state index in [-0.39, 0.29) is 136 Å². The van der Waals surface area contributed by atoms with Gasteiger partial charge in [0.05, 0.1) is 74.2 Å². The number of amides is 3. The highest BCUT2D eigenvalue weighted by Gasteiger charge is 2.54. The molecular weight excluding hydrogens is 1820 g/mol. The molecule has 1 aromatic carbocycles. The Morgan fingerprint density at radius 3 is 1.14 bits per heavy atom. The van der Waals surface area contributed by atoms with Gasteiger partial charge in [0.15, 0.2) is 5.82 Å². The molecule has 10 unspecified atom stereocenters. The lowest BCUT2D eigenvalue weighted by Crippen LogP contribution is -2.70. The Morgan fingerprint density at radius 2 is 0.705 bits per heavy atom. The molecule has 8 fully saturated rings. The summed E-state index contributed by atoms with van der Waals surface area (Å²) in [5, 5.41) is 4.53. The highest BCUT2D eigenvalue weighted by molar-refractivity contribution is 6.33. The zero-order valence-electron chi connectivity index (χ0n) is 82.8. The number of likely N-dealkylation sites (N-methyl/N-ethyl adjacent to an activating group) is 6. The first kappa shape index (κ1) is 98.0. The summed E-state index contributed by atoms with van der Waals surface area (Å²) >= 11 is 12.8. The Labute approximate surface area is 816 Å². The van der Waals surface area contributed by atoms with Crippen LogP contribution in [0.5, 0.6) is 11.5 Å². The highest BCUT2D eigenvalue weighted by Crippen LogP contribution is 2.51. The number of carbonyl (C=O) groups excluding carboxylic acids is 3. The van der Waals surface area contributed by atoms with E-state index in [9.17, 15) is 47.1 Å². The third-order valence-electron chi connectivity index (χ3n) is 32.2. The number of anilines is 8. The Kier molecular flexibility index (Phi) is 25.6. The minimum absolute atomic E-state index is 0. The van der Waals surface area contributed by atoms with E-state index >= 15 is 4.39 Å². The molecule has 10 aromatic rings. The molecule has 139 heavy (non-hydrogen) atoms. The average molecular weight is 1950 g/mol. The molecule has 20 heterocycles. The molecule has 0 N–H and O–H groups in total. The maximum Gasteiger partial charge on any atom is 0.297 e. The van der Waals surface area contributed by atoms with Crippen LogP contribution in [0.3, 0.4) is 0 Å². The molecule has 742 valence electrons. The van der Waals surface area contributed by atoms with Gasteiger partial charge in [0.1, 0.15) is 81.8 Å². The van der Waals surface area contributed by atoms with Gasteiger partial charge in [0.25, 0.3) is 45.5 Å². The Bertz CT molecular complexity index is 7160. The fourth-order valence-corrected chi connectivity index (χ4v) is 22.7. The molecule has 2 saturated carbocycles. The lowest BCUT2D eigenvalue weighted by atomic mass is 9.88. The van der Waals surface area contributed by atoms with E-state index in [0.29, 0.717) is 172 Å². The number of ether oxygens (including phenoxy) is 2. The number of fused-ring (bicyclic) bond motifs is 25. The lowest BCUT2D eigenvalue weighted by molar-refractivity contribution is -0.123. The molecule has 33 nitrogen and oxygen atoms in total. The second-order valence-corrected chi connectivity index (χ2v) is 41.8. The minimum Gasteiger partial charge on any atom is -0.484 e. The molecule has 6 saturated heterocycles. The molecule has 2 aliphatic carbocycles. The number of aromatic nitrogens is 9. The number of hydrogen-bond acceptors (Lipinski definition) is 25. The van der Waals surface area contributed by atoms with Crippen molar-refractivity contribution in [2.75, 3.05) is 167 Å². The number of aryl methyl sites for hydroxylation is 10. The smallest absolute Gasteiger partial charge is 0.297 e. The van der Waals surface area contributed by atoms with Crippen LogP contribution in [0.25, 0.3) is 55.0 Å². The van der Waals surface area contributed by atoms with Gasteiger partial charge in [-0.15, -0.1) is 0 Å². The zero-order chi connectivity index (χ0) is 98.8. The summed E-state index contributed by atoms with van der Waals surface area (Å²) in [5.41, 5.74) is 9.95. The first-order valence-electron chi connectivity index (χ1n) is 48.0. The van der Waals surface area contributed by atoms with E-state index in [1.54, 1.807) is 85.9 Å². The first-order valence-corrected chi connectivity index (χ1v) is 48.8. The van der Waals surface area contributed by atoms with Gasteiger partial charge in [0.2, 0.25) is 11.5 Å². The third-order valence-corrected chi connectivity index (χ3v) is 32.9. The van der Waals surface area contributed by atoms with E-state index in [2.05, 4.69) is 139 Å². The maximum absolute atomic E-state index is 15.3. The van der Waals surface area contributed by atoms with Gasteiger partial charge in [0, 0.05) is 199 Å². The molecule has 10 atom stereocenters. The van der Waals surface area contributed by atoms with Gasteiger partial charge in [-0.2, -0.15) is 0 Å². The van der Waals surface area contributed by atoms with Gasteiger partial charge in [-0.3, -0.25) is 86.0 Å². The topological polar surface area (TPSA) is 277 Å². The first-order chi connectivity index (χ1) is 65.4. The number of hydrogen-bond donors (Lipinski definition) is 0. The second kappa shape index (κ2) is 36.4. The van der Waals surface area contributed by atoms with Crippen molar-refractivity contribution in [2.24, 2.45) is 35.2 Å². The Morgan fingerprint density at radius 1 is 0.360 bits per heavy atom. The average Bonchev–Trinajstić information content (AvgIpc) is 0.701. The Hall–Kier alpha value is -11.2. The summed E-state index contributed by atoms with van der Waals surface area (Å²) in [6, 6.07) is 9.31. The number of rotatable bonds is 3. The van der Waals surface area contributed by atoms with Crippen LogP contribution in [0.1, 0.15) is 114 Å². The number of nitrogens with zero attached hydrogens (tertiary/aromatic N) is 23. The third kappa shape index (κ3) is 15.8. The summed E-state index contributed by atoms with van der Waals surface area (Å²) in [5.74, 6) is -0.0820. The van der Waals surface area contributed by atoms with Crippen LogP contribution < -0.4 is 76.5 Å². The van der Waals surface area contributed by atoms with E-state index in [0.717, 1.165) is 97.2 Å². The molecule has 0 spiro atoms. The SMILES string of the molecule is C.C=C1Oc2c(c3cc(F)c(C)nc3n(C)c2=O)N2CC(C)N(C)CC12.Cc1c(Cl)cc2c3c(c(=O)n(C)c2c1F)N(C1CCC1)C(=O)C1CN(C)C(C)CN31.Cc1cc2c3c(c(=O)n(C)c2nc1C)OCC1CN(C)C(C)CN31.Cc1nc2c(cc1Cl)c1c(c(=O)n2C)N(C2CCC2)C(=O)C2CN(C)C(C)CN12.Cc1nc2c(cc1F)c1c(c(=O)n2C)N(C2CN(C)C2)C(=O)C2CN(C)C(C)CN12. The monoisotopic (exact) mass is 1950 g/mol. The molecule has 0 radical (unpaired) electrons. The van der Waals surface area contributed by atoms with Crippen molar-refractivity contribution in [1.29, 1.82) is 0 Å². The van der Waals surface area contributed by atoms with Crippen LogP contribution in [0.2, 0.25) is 10.0 Å². The van der Waals surface area contributed by atoms with Gasteiger partial charge in [-0.1, -0.05) is 37.2 Å². The number of carbonyl (C=O) groups is 3.